The van der Waals surface area contributed by atoms with Crippen molar-refractivity contribution in [2.45, 2.75) is 65.0 Å². The van der Waals surface area contributed by atoms with E-state index in [1.54, 1.807) is 0 Å². The smallest absolute Gasteiger partial charge is 0.222 e. The van der Waals surface area contributed by atoms with Crippen LogP contribution < -0.4 is 0 Å². The van der Waals surface area contributed by atoms with Gasteiger partial charge in [0.1, 0.15) is 0 Å². The first-order valence-electron chi connectivity index (χ1n) is 7.49. The highest BCUT2D eigenvalue weighted by atomic mass is 16.5. The van der Waals surface area contributed by atoms with Gasteiger partial charge in [-0.15, -0.1) is 0 Å². The molecule has 0 aromatic heterocycles. The summed E-state index contributed by atoms with van der Waals surface area (Å²) in [7, 11) is 0. The quantitative estimate of drug-likeness (QED) is 0.728. The summed E-state index contributed by atoms with van der Waals surface area (Å²) in [5.74, 6) is 1.89. The largest absolute Gasteiger partial charge is 0.378 e. The minimum absolute atomic E-state index is 0.319. The fourth-order valence-corrected chi connectivity index (χ4v) is 2.81. The molecule has 0 bridgehead atoms. The summed E-state index contributed by atoms with van der Waals surface area (Å²) in [5.41, 5.74) is 0. The van der Waals surface area contributed by atoms with E-state index in [1.165, 1.54) is 6.42 Å². The Morgan fingerprint density at radius 1 is 1.44 bits per heavy atom. The summed E-state index contributed by atoms with van der Waals surface area (Å²) < 4.78 is 5.58. The van der Waals surface area contributed by atoms with E-state index >= 15 is 0 Å². The molecular weight excluding hydrogens is 226 g/mol. The number of amides is 1. The number of nitrogens with zero attached hydrogens (tertiary/aromatic N) is 1. The van der Waals surface area contributed by atoms with E-state index < -0.39 is 0 Å². The second kappa shape index (κ2) is 6.05. The van der Waals surface area contributed by atoms with Crippen LogP contribution in [0, 0.1) is 11.8 Å². The van der Waals surface area contributed by atoms with Crippen molar-refractivity contribution >= 4 is 5.91 Å². The molecule has 0 radical (unpaired) electrons. The first-order chi connectivity index (χ1) is 8.58. The van der Waals surface area contributed by atoms with E-state index in [0.717, 1.165) is 44.2 Å². The summed E-state index contributed by atoms with van der Waals surface area (Å²) in [5, 5.41) is 0. The van der Waals surface area contributed by atoms with Crippen LogP contribution in [0.4, 0.5) is 0 Å². The topological polar surface area (TPSA) is 29.5 Å². The van der Waals surface area contributed by atoms with Crippen LogP contribution in [0.3, 0.4) is 0 Å². The second-order valence-corrected chi connectivity index (χ2v) is 6.29. The van der Waals surface area contributed by atoms with Gasteiger partial charge >= 0.3 is 0 Å². The summed E-state index contributed by atoms with van der Waals surface area (Å²) in [6.07, 6.45) is 5.48. The number of carbonyl (C=O) groups is 1. The molecule has 0 spiro atoms. The number of hydrogen-bond donors (Lipinski definition) is 0. The average Bonchev–Trinajstić information content (AvgIpc) is 2.81. The third-order valence-corrected chi connectivity index (χ3v) is 4.36. The molecule has 0 aromatic carbocycles. The molecule has 104 valence electrons. The van der Waals surface area contributed by atoms with Crippen molar-refractivity contribution in [2.75, 3.05) is 13.2 Å². The number of rotatable bonds is 6. The zero-order chi connectivity index (χ0) is 13.1. The Labute approximate surface area is 111 Å². The summed E-state index contributed by atoms with van der Waals surface area (Å²) in [6.45, 7) is 8.36. The lowest BCUT2D eigenvalue weighted by atomic mass is 10.1. The van der Waals surface area contributed by atoms with Crippen LogP contribution in [0.15, 0.2) is 0 Å². The fourth-order valence-electron chi connectivity index (χ4n) is 2.81. The second-order valence-electron chi connectivity index (χ2n) is 6.29. The summed E-state index contributed by atoms with van der Waals surface area (Å²) >= 11 is 0. The Bertz CT molecular complexity index is 284. The minimum atomic E-state index is 0.319. The normalized spacial score (nSPS) is 30.8. The van der Waals surface area contributed by atoms with Crippen molar-refractivity contribution in [2.24, 2.45) is 11.8 Å². The molecule has 1 saturated heterocycles. The van der Waals surface area contributed by atoms with E-state index in [9.17, 15) is 4.79 Å². The molecule has 2 fully saturated rings. The third kappa shape index (κ3) is 3.71. The molecule has 3 unspecified atom stereocenters. The maximum Gasteiger partial charge on any atom is 0.222 e. The molecule has 1 saturated carbocycles. The standard InChI is InChI=1S/C15H27NO2/c1-11(2)16(10-13-9-12(13)3)15(17)7-6-14-5-4-8-18-14/h11-14H,4-10H2,1-3H3. The average molecular weight is 253 g/mol. The van der Waals surface area contributed by atoms with Crippen LogP contribution in [0.1, 0.15) is 52.9 Å². The van der Waals surface area contributed by atoms with Crippen molar-refractivity contribution in [3.63, 3.8) is 0 Å². The van der Waals surface area contributed by atoms with E-state index in [1.807, 2.05) is 0 Å². The Morgan fingerprint density at radius 3 is 2.67 bits per heavy atom. The van der Waals surface area contributed by atoms with E-state index in [2.05, 4.69) is 25.7 Å². The van der Waals surface area contributed by atoms with Gasteiger partial charge in [0.2, 0.25) is 5.91 Å². The van der Waals surface area contributed by atoms with Gasteiger partial charge in [0.25, 0.3) is 0 Å². The molecule has 2 aliphatic rings. The molecule has 3 heteroatoms. The molecule has 1 heterocycles. The predicted octanol–water partition coefficient (Wildman–Crippen LogP) is 2.84. The molecule has 1 aliphatic heterocycles. The highest BCUT2D eigenvalue weighted by Gasteiger charge is 2.35. The predicted molar refractivity (Wildman–Crippen MR) is 72.3 cm³/mol. The van der Waals surface area contributed by atoms with Gasteiger partial charge in [-0.3, -0.25) is 4.79 Å². The fraction of sp³-hybridized carbons (Fsp3) is 0.933. The molecule has 0 N–H and O–H groups in total. The maximum absolute atomic E-state index is 12.3. The van der Waals surface area contributed by atoms with Crippen LogP contribution in [0.25, 0.3) is 0 Å². The monoisotopic (exact) mass is 253 g/mol. The van der Waals surface area contributed by atoms with Crippen LogP contribution in [-0.2, 0) is 9.53 Å². The summed E-state index contributed by atoms with van der Waals surface area (Å²) in [6, 6.07) is 0.329. The molecular formula is C15H27NO2. The van der Waals surface area contributed by atoms with Crippen molar-refractivity contribution in [3.05, 3.63) is 0 Å². The number of carbonyl (C=O) groups excluding carboxylic acids is 1. The van der Waals surface area contributed by atoms with Gasteiger partial charge in [-0.25, -0.2) is 0 Å². The summed E-state index contributed by atoms with van der Waals surface area (Å²) in [4.78, 5) is 14.4. The van der Waals surface area contributed by atoms with Gasteiger partial charge in [-0.05, 0) is 51.4 Å². The van der Waals surface area contributed by atoms with Gasteiger partial charge in [0.15, 0.2) is 0 Å². The van der Waals surface area contributed by atoms with E-state index in [4.69, 9.17) is 4.74 Å². The van der Waals surface area contributed by atoms with Gasteiger partial charge in [0.05, 0.1) is 6.10 Å². The van der Waals surface area contributed by atoms with Crippen molar-refractivity contribution in [1.29, 1.82) is 0 Å². The zero-order valence-corrected chi connectivity index (χ0v) is 12.0. The third-order valence-electron chi connectivity index (χ3n) is 4.36. The SMILES string of the molecule is CC1CC1CN(C(=O)CCC1CCCO1)C(C)C. The van der Waals surface area contributed by atoms with Crippen molar-refractivity contribution < 1.29 is 9.53 Å². The van der Waals surface area contributed by atoms with Crippen LogP contribution in [0.5, 0.6) is 0 Å². The Hall–Kier alpha value is -0.570. The highest BCUT2D eigenvalue weighted by Crippen LogP contribution is 2.38. The molecule has 18 heavy (non-hydrogen) atoms. The van der Waals surface area contributed by atoms with Gasteiger partial charge < -0.3 is 9.64 Å². The first-order valence-corrected chi connectivity index (χ1v) is 7.49. The highest BCUT2D eigenvalue weighted by molar-refractivity contribution is 5.76. The lowest BCUT2D eigenvalue weighted by molar-refractivity contribution is -0.133. The zero-order valence-electron chi connectivity index (χ0n) is 12.0. The molecule has 3 nitrogen and oxygen atoms in total. The van der Waals surface area contributed by atoms with Crippen LogP contribution >= 0.6 is 0 Å². The van der Waals surface area contributed by atoms with Crippen molar-refractivity contribution in [1.82, 2.24) is 4.90 Å². The minimum Gasteiger partial charge on any atom is -0.378 e. The number of ether oxygens (including phenoxy) is 1. The van der Waals surface area contributed by atoms with Gasteiger partial charge in [0, 0.05) is 25.6 Å². The van der Waals surface area contributed by atoms with Gasteiger partial charge in [-0.1, -0.05) is 6.92 Å². The molecule has 1 aliphatic carbocycles. The van der Waals surface area contributed by atoms with E-state index in [-0.39, 0.29) is 0 Å². The Balaban J connectivity index is 1.75. The molecule has 0 aromatic rings. The molecule has 3 atom stereocenters. The van der Waals surface area contributed by atoms with Gasteiger partial charge in [-0.2, -0.15) is 0 Å². The lowest BCUT2D eigenvalue weighted by Crippen LogP contribution is -2.39. The van der Waals surface area contributed by atoms with E-state index in [0.29, 0.717) is 24.5 Å². The Kier molecular flexibility index (Phi) is 4.66. The maximum atomic E-state index is 12.3. The molecule has 2 rings (SSSR count). The van der Waals surface area contributed by atoms with Crippen LogP contribution in [0.2, 0.25) is 0 Å². The lowest BCUT2D eigenvalue weighted by Gasteiger charge is -2.27. The van der Waals surface area contributed by atoms with Crippen LogP contribution in [-0.4, -0.2) is 36.1 Å². The van der Waals surface area contributed by atoms with Crippen molar-refractivity contribution in [3.8, 4) is 0 Å². The first kappa shape index (κ1) is 13.9. The molecule has 1 amide bonds. The number of hydrogen-bond acceptors (Lipinski definition) is 2. The Morgan fingerprint density at radius 2 is 2.17 bits per heavy atom.